The summed E-state index contributed by atoms with van der Waals surface area (Å²) in [5.74, 6) is -0.294. The molecule has 0 unspecified atom stereocenters. The van der Waals surface area contributed by atoms with E-state index in [2.05, 4.69) is 20.9 Å². The van der Waals surface area contributed by atoms with Crippen LogP contribution < -0.4 is 16.0 Å². The third-order valence-corrected chi connectivity index (χ3v) is 4.64. The number of hydrogen-bond acceptors (Lipinski definition) is 4. The van der Waals surface area contributed by atoms with Gasteiger partial charge in [-0.1, -0.05) is 41.4 Å². The molecule has 0 bridgehead atoms. The van der Waals surface area contributed by atoms with Gasteiger partial charge in [-0.2, -0.15) is 0 Å². The van der Waals surface area contributed by atoms with E-state index in [1.807, 2.05) is 31.2 Å². The molecule has 1 aromatic heterocycles. The van der Waals surface area contributed by atoms with Crippen molar-refractivity contribution in [2.24, 2.45) is 0 Å². The second kappa shape index (κ2) is 8.66. The Kier molecular flexibility index (Phi) is 6.05. The van der Waals surface area contributed by atoms with Crippen LogP contribution in [0.1, 0.15) is 21.6 Å². The van der Waals surface area contributed by atoms with E-state index < -0.39 is 6.03 Å². The Morgan fingerprint density at radius 1 is 1.04 bits per heavy atom. The summed E-state index contributed by atoms with van der Waals surface area (Å²) in [4.78, 5) is 28.3. The molecule has 0 aliphatic heterocycles. The van der Waals surface area contributed by atoms with Gasteiger partial charge in [0.1, 0.15) is 5.69 Å². The third kappa shape index (κ3) is 5.54. The summed E-state index contributed by atoms with van der Waals surface area (Å²) >= 11 is 6.99. The van der Waals surface area contributed by atoms with E-state index in [4.69, 9.17) is 11.6 Å². The van der Waals surface area contributed by atoms with E-state index in [-0.39, 0.29) is 11.6 Å². The molecule has 0 radical (unpaired) electrons. The van der Waals surface area contributed by atoms with E-state index in [0.29, 0.717) is 22.4 Å². The van der Waals surface area contributed by atoms with Crippen molar-refractivity contribution in [1.29, 1.82) is 0 Å². The van der Waals surface area contributed by atoms with Crippen LogP contribution in [-0.2, 0) is 6.54 Å². The van der Waals surface area contributed by atoms with Gasteiger partial charge >= 0.3 is 6.03 Å². The van der Waals surface area contributed by atoms with E-state index >= 15 is 0 Å². The number of nitrogens with one attached hydrogen (secondary N) is 3. The molecule has 138 valence electrons. The van der Waals surface area contributed by atoms with Crippen molar-refractivity contribution in [1.82, 2.24) is 10.3 Å². The van der Waals surface area contributed by atoms with Gasteiger partial charge in [0.25, 0.3) is 5.91 Å². The number of hydrogen-bond donors (Lipinski definition) is 3. The second-order valence-corrected chi connectivity index (χ2v) is 7.09. The van der Waals surface area contributed by atoms with Crippen LogP contribution in [0.2, 0.25) is 5.02 Å². The minimum atomic E-state index is -0.446. The number of nitrogens with zero attached hydrogens (tertiary/aromatic N) is 1. The minimum Gasteiger partial charge on any atom is -0.347 e. The minimum absolute atomic E-state index is 0.258. The fourth-order valence-corrected chi connectivity index (χ4v) is 3.02. The van der Waals surface area contributed by atoms with E-state index in [1.54, 1.807) is 29.6 Å². The summed E-state index contributed by atoms with van der Waals surface area (Å²) in [6, 6.07) is 14.2. The first-order valence-electron chi connectivity index (χ1n) is 8.12. The molecule has 0 saturated carbocycles. The van der Waals surface area contributed by atoms with Crippen LogP contribution >= 0.6 is 22.9 Å². The Hall–Kier alpha value is -2.90. The normalized spacial score (nSPS) is 10.3. The largest absolute Gasteiger partial charge is 0.347 e. The lowest BCUT2D eigenvalue weighted by molar-refractivity contribution is 0.0946. The zero-order valence-electron chi connectivity index (χ0n) is 14.5. The van der Waals surface area contributed by atoms with Crippen LogP contribution in [0.25, 0.3) is 0 Å². The highest BCUT2D eigenvalue weighted by atomic mass is 35.5. The number of carbonyl (C=O) groups excluding carboxylic acids is 2. The molecule has 27 heavy (non-hydrogen) atoms. The molecule has 0 saturated heterocycles. The average Bonchev–Trinajstić information content (AvgIpc) is 3.11. The van der Waals surface area contributed by atoms with Gasteiger partial charge in [0.05, 0.1) is 0 Å². The summed E-state index contributed by atoms with van der Waals surface area (Å²) < 4.78 is 0. The number of halogens is 1. The summed E-state index contributed by atoms with van der Waals surface area (Å²) in [5, 5.41) is 10.6. The SMILES string of the molecule is Cc1ccc(CNC(=O)c2csc(NC(=O)Nc3ccc(Cl)cc3)n2)cc1. The molecule has 6 nitrogen and oxygen atoms in total. The molecule has 0 atom stereocenters. The molecule has 0 aliphatic rings. The smallest absolute Gasteiger partial charge is 0.325 e. The highest BCUT2D eigenvalue weighted by Gasteiger charge is 2.12. The van der Waals surface area contributed by atoms with E-state index in [0.717, 1.165) is 11.1 Å². The number of aromatic nitrogens is 1. The van der Waals surface area contributed by atoms with Crippen molar-refractivity contribution in [2.75, 3.05) is 10.6 Å². The van der Waals surface area contributed by atoms with Crippen molar-refractivity contribution in [3.05, 3.63) is 75.8 Å². The number of rotatable bonds is 5. The molecular formula is C19H17ClN4O2S. The van der Waals surface area contributed by atoms with Crippen LogP contribution in [0.5, 0.6) is 0 Å². The number of amides is 3. The van der Waals surface area contributed by atoms with Crippen LogP contribution in [-0.4, -0.2) is 16.9 Å². The molecule has 0 fully saturated rings. The van der Waals surface area contributed by atoms with E-state index in [1.165, 1.54) is 11.3 Å². The van der Waals surface area contributed by atoms with Gasteiger partial charge in [-0.05, 0) is 36.8 Å². The zero-order chi connectivity index (χ0) is 19.2. The van der Waals surface area contributed by atoms with Crippen molar-refractivity contribution in [3.8, 4) is 0 Å². The Morgan fingerprint density at radius 2 is 1.74 bits per heavy atom. The highest BCUT2D eigenvalue weighted by molar-refractivity contribution is 7.14. The fourth-order valence-electron chi connectivity index (χ4n) is 2.21. The number of carbonyl (C=O) groups is 2. The van der Waals surface area contributed by atoms with Crippen LogP contribution in [0.15, 0.2) is 53.9 Å². The maximum Gasteiger partial charge on any atom is 0.325 e. The van der Waals surface area contributed by atoms with Crippen LogP contribution in [0.4, 0.5) is 15.6 Å². The molecule has 3 N–H and O–H groups in total. The summed E-state index contributed by atoms with van der Waals surface area (Å²) in [7, 11) is 0. The Morgan fingerprint density at radius 3 is 2.44 bits per heavy atom. The molecule has 3 rings (SSSR count). The monoisotopic (exact) mass is 400 g/mol. The Balaban J connectivity index is 1.52. The summed E-state index contributed by atoms with van der Waals surface area (Å²) in [5.41, 5.74) is 3.03. The van der Waals surface area contributed by atoms with Gasteiger partial charge < -0.3 is 10.6 Å². The first kappa shape index (κ1) is 18.9. The van der Waals surface area contributed by atoms with Gasteiger partial charge in [-0.15, -0.1) is 11.3 Å². The highest BCUT2D eigenvalue weighted by Crippen LogP contribution is 2.17. The van der Waals surface area contributed by atoms with Crippen molar-refractivity contribution in [3.63, 3.8) is 0 Å². The topological polar surface area (TPSA) is 83.1 Å². The predicted octanol–water partition coefficient (Wildman–Crippen LogP) is 4.68. The van der Waals surface area contributed by atoms with Crippen molar-refractivity contribution >= 4 is 45.7 Å². The number of thiazole rings is 1. The lowest BCUT2D eigenvalue weighted by atomic mass is 10.1. The van der Waals surface area contributed by atoms with Crippen LogP contribution in [0.3, 0.4) is 0 Å². The maximum absolute atomic E-state index is 12.2. The molecule has 3 amide bonds. The van der Waals surface area contributed by atoms with E-state index in [9.17, 15) is 9.59 Å². The molecule has 3 aromatic rings. The standard InChI is InChI=1S/C19H17ClN4O2S/c1-12-2-4-13(5-3-12)10-21-17(25)16-11-27-19(23-16)24-18(26)22-15-8-6-14(20)7-9-15/h2-9,11H,10H2,1H3,(H,21,25)(H2,22,23,24,26). The van der Waals surface area contributed by atoms with Gasteiger partial charge in [0.2, 0.25) is 0 Å². The predicted molar refractivity (Wildman–Crippen MR) is 109 cm³/mol. The second-order valence-electron chi connectivity index (χ2n) is 5.79. The lowest BCUT2D eigenvalue weighted by Crippen LogP contribution is -2.23. The van der Waals surface area contributed by atoms with Gasteiger partial charge in [-0.3, -0.25) is 10.1 Å². The fraction of sp³-hybridized carbons (Fsp3) is 0.105. The first-order valence-corrected chi connectivity index (χ1v) is 9.38. The molecule has 0 aliphatic carbocycles. The Labute approximate surface area is 165 Å². The molecule has 2 aromatic carbocycles. The summed E-state index contributed by atoms with van der Waals surface area (Å²) in [6.07, 6.45) is 0. The van der Waals surface area contributed by atoms with Crippen molar-refractivity contribution < 1.29 is 9.59 Å². The first-order chi connectivity index (χ1) is 13.0. The van der Waals surface area contributed by atoms with Gasteiger partial charge in [-0.25, -0.2) is 9.78 Å². The third-order valence-electron chi connectivity index (χ3n) is 3.63. The average molecular weight is 401 g/mol. The molecule has 0 spiro atoms. The molecule has 8 heteroatoms. The number of anilines is 2. The van der Waals surface area contributed by atoms with Crippen molar-refractivity contribution in [2.45, 2.75) is 13.5 Å². The molecule has 1 heterocycles. The van der Waals surface area contributed by atoms with Gasteiger partial charge in [0, 0.05) is 22.6 Å². The zero-order valence-corrected chi connectivity index (χ0v) is 16.0. The number of aryl methyl sites for hydroxylation is 1. The number of urea groups is 1. The number of benzene rings is 2. The molecular weight excluding hydrogens is 384 g/mol. The maximum atomic E-state index is 12.2. The van der Waals surface area contributed by atoms with Gasteiger partial charge in [0.15, 0.2) is 5.13 Å². The van der Waals surface area contributed by atoms with Crippen LogP contribution in [0, 0.1) is 6.92 Å². The summed E-state index contributed by atoms with van der Waals surface area (Å²) in [6.45, 7) is 2.42. The lowest BCUT2D eigenvalue weighted by Gasteiger charge is -2.05. The Bertz CT molecular complexity index is 939. The quantitative estimate of drug-likeness (QED) is 0.581.